The molecular weight excluding hydrogens is 228 g/mol. The van der Waals surface area contributed by atoms with Crippen molar-refractivity contribution in [2.24, 2.45) is 0 Å². The summed E-state index contributed by atoms with van der Waals surface area (Å²) in [6.45, 7) is 2.01. The summed E-state index contributed by atoms with van der Waals surface area (Å²) in [6, 6.07) is -0.247. The number of fused-ring (bicyclic) bond motifs is 1. The van der Waals surface area contributed by atoms with Crippen LogP contribution in [-0.4, -0.2) is 22.6 Å². The lowest BCUT2D eigenvalue weighted by Gasteiger charge is -2.25. The Kier molecular flexibility index (Phi) is 3.19. The van der Waals surface area contributed by atoms with E-state index in [0.717, 1.165) is 37.2 Å². The summed E-state index contributed by atoms with van der Waals surface area (Å²) in [5, 5.41) is 0.533. The molecule has 0 N–H and O–H groups in total. The van der Waals surface area contributed by atoms with Crippen molar-refractivity contribution in [1.82, 2.24) is 9.55 Å². The number of nitrogens with zero attached hydrogens (tertiary/aromatic N) is 2. The lowest BCUT2D eigenvalue weighted by Crippen LogP contribution is -2.27. The average Bonchev–Trinajstić information content (AvgIpc) is 2.65. The van der Waals surface area contributed by atoms with Gasteiger partial charge in [0.25, 0.3) is 0 Å². The SMILES string of the molecule is CCc1nc(Cl)c2n1C(C(=O)OC)CCC2. The highest BCUT2D eigenvalue weighted by Gasteiger charge is 2.30. The summed E-state index contributed by atoms with van der Waals surface area (Å²) in [7, 11) is 1.42. The Morgan fingerprint density at radius 3 is 3.06 bits per heavy atom. The van der Waals surface area contributed by atoms with E-state index in [9.17, 15) is 4.79 Å². The molecule has 0 aliphatic carbocycles. The maximum atomic E-state index is 11.7. The summed E-state index contributed by atoms with van der Waals surface area (Å²) < 4.78 is 6.78. The summed E-state index contributed by atoms with van der Waals surface area (Å²) >= 11 is 6.07. The molecule has 1 atom stereocenters. The van der Waals surface area contributed by atoms with Crippen LogP contribution in [0.3, 0.4) is 0 Å². The second-order valence-corrected chi connectivity index (χ2v) is 4.28. The standard InChI is InChI=1S/C11H15ClN2O2/c1-3-9-13-10(12)7-5-4-6-8(14(7)9)11(15)16-2/h8H,3-6H2,1-2H3. The second kappa shape index (κ2) is 4.45. The van der Waals surface area contributed by atoms with Gasteiger partial charge in [-0.05, 0) is 19.3 Å². The van der Waals surface area contributed by atoms with Crippen LogP contribution in [0.15, 0.2) is 0 Å². The van der Waals surface area contributed by atoms with E-state index in [-0.39, 0.29) is 12.0 Å². The van der Waals surface area contributed by atoms with Gasteiger partial charge in [-0.25, -0.2) is 9.78 Å². The van der Waals surface area contributed by atoms with Crippen molar-refractivity contribution in [1.29, 1.82) is 0 Å². The van der Waals surface area contributed by atoms with E-state index in [1.807, 2.05) is 11.5 Å². The van der Waals surface area contributed by atoms with Crippen molar-refractivity contribution in [3.8, 4) is 0 Å². The Morgan fingerprint density at radius 1 is 1.69 bits per heavy atom. The van der Waals surface area contributed by atoms with Gasteiger partial charge in [-0.1, -0.05) is 18.5 Å². The maximum Gasteiger partial charge on any atom is 0.328 e. The van der Waals surface area contributed by atoms with Crippen LogP contribution in [0.1, 0.15) is 37.3 Å². The molecule has 0 saturated carbocycles. The van der Waals surface area contributed by atoms with Crippen molar-refractivity contribution in [2.75, 3.05) is 7.11 Å². The van der Waals surface area contributed by atoms with E-state index in [4.69, 9.17) is 16.3 Å². The maximum absolute atomic E-state index is 11.7. The molecule has 0 fully saturated rings. The van der Waals surface area contributed by atoms with Gasteiger partial charge in [-0.2, -0.15) is 0 Å². The zero-order valence-corrected chi connectivity index (χ0v) is 10.3. The number of aromatic nitrogens is 2. The van der Waals surface area contributed by atoms with Gasteiger partial charge in [0.05, 0.1) is 12.8 Å². The van der Waals surface area contributed by atoms with Crippen LogP contribution in [0.4, 0.5) is 0 Å². The lowest BCUT2D eigenvalue weighted by molar-refractivity contribution is -0.145. The zero-order chi connectivity index (χ0) is 11.7. The predicted octanol–water partition coefficient (Wildman–Crippen LogP) is 2.15. The van der Waals surface area contributed by atoms with Gasteiger partial charge in [-0.15, -0.1) is 0 Å². The number of ether oxygens (including phenoxy) is 1. The van der Waals surface area contributed by atoms with Gasteiger partial charge in [0.15, 0.2) is 5.15 Å². The van der Waals surface area contributed by atoms with Crippen LogP contribution in [0, 0.1) is 0 Å². The quantitative estimate of drug-likeness (QED) is 0.747. The number of esters is 1. The van der Waals surface area contributed by atoms with Crippen molar-refractivity contribution in [3.63, 3.8) is 0 Å². The fraction of sp³-hybridized carbons (Fsp3) is 0.636. The predicted molar refractivity (Wildman–Crippen MR) is 60.6 cm³/mol. The van der Waals surface area contributed by atoms with E-state index in [1.165, 1.54) is 7.11 Å². The Bertz CT molecular complexity index is 414. The molecule has 0 saturated heterocycles. The number of imidazole rings is 1. The zero-order valence-electron chi connectivity index (χ0n) is 9.49. The van der Waals surface area contributed by atoms with E-state index >= 15 is 0 Å². The highest BCUT2D eigenvalue weighted by atomic mass is 35.5. The molecule has 1 aliphatic heterocycles. The number of carbonyl (C=O) groups excluding carboxylic acids is 1. The number of rotatable bonds is 2. The lowest BCUT2D eigenvalue weighted by atomic mass is 10.0. The third-order valence-corrected chi connectivity index (χ3v) is 3.33. The molecule has 16 heavy (non-hydrogen) atoms. The van der Waals surface area contributed by atoms with Crippen LogP contribution in [-0.2, 0) is 22.4 Å². The van der Waals surface area contributed by atoms with E-state index in [2.05, 4.69) is 4.98 Å². The summed E-state index contributed by atoms with van der Waals surface area (Å²) in [5.74, 6) is 0.666. The molecule has 0 amide bonds. The summed E-state index contributed by atoms with van der Waals surface area (Å²) in [6.07, 6.45) is 3.42. The smallest absolute Gasteiger partial charge is 0.328 e. The van der Waals surface area contributed by atoms with Gasteiger partial charge in [0.2, 0.25) is 0 Å². The van der Waals surface area contributed by atoms with Crippen molar-refractivity contribution < 1.29 is 9.53 Å². The van der Waals surface area contributed by atoms with Gasteiger partial charge in [0, 0.05) is 6.42 Å². The third-order valence-electron chi connectivity index (χ3n) is 3.03. The van der Waals surface area contributed by atoms with Gasteiger partial charge >= 0.3 is 5.97 Å². The molecule has 2 rings (SSSR count). The summed E-state index contributed by atoms with van der Waals surface area (Å²) in [4.78, 5) is 16.0. The number of methoxy groups -OCH3 is 1. The molecular formula is C11H15ClN2O2. The minimum Gasteiger partial charge on any atom is -0.467 e. The van der Waals surface area contributed by atoms with Gasteiger partial charge < -0.3 is 9.30 Å². The second-order valence-electron chi connectivity index (χ2n) is 3.92. The van der Waals surface area contributed by atoms with E-state index in [0.29, 0.717) is 5.15 Å². The van der Waals surface area contributed by atoms with E-state index in [1.54, 1.807) is 0 Å². The molecule has 5 heteroatoms. The molecule has 0 radical (unpaired) electrons. The number of hydrogen-bond donors (Lipinski definition) is 0. The molecule has 1 aromatic heterocycles. The molecule has 1 unspecified atom stereocenters. The molecule has 88 valence electrons. The first-order valence-corrected chi connectivity index (χ1v) is 5.90. The fourth-order valence-electron chi connectivity index (χ4n) is 2.28. The van der Waals surface area contributed by atoms with Gasteiger partial charge in [-0.3, -0.25) is 0 Å². The number of carbonyl (C=O) groups is 1. The highest BCUT2D eigenvalue weighted by Crippen LogP contribution is 2.32. The Hall–Kier alpha value is -1.03. The largest absolute Gasteiger partial charge is 0.467 e. The first-order chi connectivity index (χ1) is 7.69. The first-order valence-electron chi connectivity index (χ1n) is 5.52. The van der Waals surface area contributed by atoms with Crippen molar-refractivity contribution in [3.05, 3.63) is 16.7 Å². The summed E-state index contributed by atoms with van der Waals surface area (Å²) in [5.41, 5.74) is 0.972. The van der Waals surface area contributed by atoms with Crippen LogP contribution in [0.25, 0.3) is 0 Å². The Labute approximate surface area is 99.6 Å². The van der Waals surface area contributed by atoms with E-state index < -0.39 is 0 Å². The Morgan fingerprint density at radius 2 is 2.44 bits per heavy atom. The van der Waals surface area contributed by atoms with Crippen molar-refractivity contribution >= 4 is 17.6 Å². The third kappa shape index (κ3) is 1.71. The number of aryl methyl sites for hydroxylation is 1. The minimum absolute atomic E-state index is 0.204. The van der Waals surface area contributed by atoms with Crippen LogP contribution in [0.5, 0.6) is 0 Å². The van der Waals surface area contributed by atoms with Crippen LogP contribution in [0.2, 0.25) is 5.15 Å². The Balaban J connectivity index is 2.47. The molecule has 0 spiro atoms. The molecule has 1 aliphatic rings. The van der Waals surface area contributed by atoms with Crippen molar-refractivity contribution in [2.45, 2.75) is 38.6 Å². The number of hydrogen-bond acceptors (Lipinski definition) is 3. The minimum atomic E-state index is -0.247. The van der Waals surface area contributed by atoms with Crippen LogP contribution >= 0.6 is 11.6 Å². The number of halogens is 1. The van der Waals surface area contributed by atoms with Gasteiger partial charge in [0.1, 0.15) is 11.9 Å². The normalized spacial score (nSPS) is 19.3. The van der Waals surface area contributed by atoms with Crippen LogP contribution < -0.4 is 0 Å². The molecule has 2 heterocycles. The average molecular weight is 243 g/mol. The molecule has 0 bridgehead atoms. The topological polar surface area (TPSA) is 44.1 Å². The monoisotopic (exact) mass is 242 g/mol. The molecule has 4 nitrogen and oxygen atoms in total. The fourth-order valence-corrected chi connectivity index (χ4v) is 2.56. The molecule has 0 aromatic carbocycles. The first kappa shape index (κ1) is 11.5. The molecule has 1 aromatic rings. The highest BCUT2D eigenvalue weighted by molar-refractivity contribution is 6.30.